The third kappa shape index (κ3) is 9.42. The van der Waals surface area contributed by atoms with E-state index in [9.17, 15) is 0 Å². The smallest absolute Gasteiger partial charge is 0.211 e. The van der Waals surface area contributed by atoms with Crippen molar-refractivity contribution < 1.29 is 26.2 Å². The van der Waals surface area contributed by atoms with Crippen LogP contribution in [0.25, 0.3) is 0 Å². The van der Waals surface area contributed by atoms with Crippen molar-refractivity contribution in [3.05, 3.63) is 58.1 Å². The topological polar surface area (TPSA) is 0 Å². The van der Waals surface area contributed by atoms with Crippen LogP contribution in [-0.2, 0) is 32.6 Å². The quantitative estimate of drug-likeness (QED) is 0.477. The summed E-state index contributed by atoms with van der Waals surface area (Å²) in [5.74, 6) is 0. The SMILES string of the molecule is CCCc1cc[cH-]c1.C[SiH]C.Cc1c[c-](C)c(C)c1C.[Zr+2]. The Bertz CT molecular complexity index is 430. The van der Waals surface area contributed by atoms with Gasteiger partial charge in [0.1, 0.15) is 0 Å². The van der Waals surface area contributed by atoms with Crippen molar-refractivity contribution in [2.45, 2.75) is 60.6 Å². The van der Waals surface area contributed by atoms with Crippen LogP contribution in [0, 0.1) is 27.7 Å². The summed E-state index contributed by atoms with van der Waals surface area (Å²) in [7, 11) is 0.750. The fraction of sp³-hybridized carbons (Fsp3) is 0.474. The van der Waals surface area contributed by atoms with Gasteiger partial charge >= 0.3 is 26.2 Å². The zero-order valence-corrected chi connectivity index (χ0v) is 18.5. The summed E-state index contributed by atoms with van der Waals surface area (Å²) >= 11 is 0. The Morgan fingerprint density at radius 3 is 2.00 bits per heavy atom. The molecule has 2 rings (SSSR count). The molecule has 0 aliphatic rings. The Hall–Kier alpha value is -0.200. The normalized spacial score (nSPS) is 8.90. The van der Waals surface area contributed by atoms with E-state index in [0.717, 1.165) is 9.52 Å². The molecule has 2 heteroatoms. The maximum atomic E-state index is 2.24. The second kappa shape index (κ2) is 13.5. The van der Waals surface area contributed by atoms with Crippen molar-refractivity contribution in [3.63, 3.8) is 0 Å². The Balaban J connectivity index is 0. The maximum Gasteiger partial charge on any atom is 2.00 e. The van der Waals surface area contributed by atoms with Gasteiger partial charge in [-0.25, -0.2) is 6.07 Å². The second-order valence-electron chi connectivity index (χ2n) is 5.38. The molecule has 0 nitrogen and oxygen atoms in total. The van der Waals surface area contributed by atoms with Crippen LogP contribution in [0.4, 0.5) is 0 Å². The first-order chi connectivity index (χ1) is 9.47. The van der Waals surface area contributed by atoms with Crippen LogP contribution < -0.4 is 0 Å². The molecule has 0 aliphatic heterocycles. The van der Waals surface area contributed by atoms with Crippen molar-refractivity contribution >= 4 is 9.52 Å². The molecule has 0 saturated carbocycles. The minimum Gasteiger partial charge on any atom is -0.211 e. The van der Waals surface area contributed by atoms with E-state index >= 15 is 0 Å². The molecule has 0 aliphatic carbocycles. The summed E-state index contributed by atoms with van der Waals surface area (Å²) < 4.78 is 0. The molecule has 0 atom stereocenters. The van der Waals surface area contributed by atoms with Gasteiger partial charge in [-0.3, -0.25) is 0 Å². The molecule has 21 heavy (non-hydrogen) atoms. The number of rotatable bonds is 2. The molecule has 2 aromatic carbocycles. The second-order valence-corrected chi connectivity index (χ2v) is 6.54. The van der Waals surface area contributed by atoms with Crippen LogP contribution in [0.15, 0.2) is 30.3 Å². The third-order valence-electron chi connectivity index (χ3n) is 3.45. The largest absolute Gasteiger partial charge is 2.00 e. The molecule has 0 fully saturated rings. The number of hydrogen-bond acceptors (Lipinski definition) is 0. The molecule has 0 bridgehead atoms. The van der Waals surface area contributed by atoms with Gasteiger partial charge < -0.3 is 0 Å². The van der Waals surface area contributed by atoms with Gasteiger partial charge in [-0.05, 0) is 0 Å². The molecule has 0 heterocycles. The van der Waals surface area contributed by atoms with E-state index in [4.69, 9.17) is 0 Å². The zero-order chi connectivity index (χ0) is 15.5. The Morgan fingerprint density at radius 1 is 1.19 bits per heavy atom. The summed E-state index contributed by atoms with van der Waals surface area (Å²) in [5.41, 5.74) is 7.21. The molecule has 0 saturated heterocycles. The Labute approximate surface area is 154 Å². The predicted molar refractivity (Wildman–Crippen MR) is 95.9 cm³/mol. The predicted octanol–water partition coefficient (Wildman–Crippen LogP) is 5.51. The average molecular weight is 379 g/mol. The summed E-state index contributed by atoms with van der Waals surface area (Å²) in [5, 5.41) is 0. The van der Waals surface area contributed by atoms with Crippen LogP contribution in [-0.4, -0.2) is 9.52 Å². The Kier molecular flexibility index (Phi) is 14.8. The zero-order valence-electron chi connectivity index (χ0n) is 14.9. The van der Waals surface area contributed by atoms with E-state index in [1.165, 1.54) is 40.7 Å². The van der Waals surface area contributed by atoms with Crippen molar-refractivity contribution in [1.82, 2.24) is 0 Å². The first-order valence-corrected chi connectivity index (χ1v) is 9.93. The molecular weight excluding hydrogens is 348 g/mol. The molecule has 0 aromatic heterocycles. The van der Waals surface area contributed by atoms with Crippen LogP contribution in [0.2, 0.25) is 13.1 Å². The van der Waals surface area contributed by atoms with Gasteiger partial charge in [-0.15, -0.1) is 0 Å². The summed E-state index contributed by atoms with van der Waals surface area (Å²) in [6.07, 6.45) is 2.48. The minimum absolute atomic E-state index is 0. The van der Waals surface area contributed by atoms with Crippen molar-refractivity contribution in [2.24, 2.45) is 0 Å². The van der Waals surface area contributed by atoms with E-state index in [1.54, 1.807) is 0 Å². The van der Waals surface area contributed by atoms with Gasteiger partial charge in [-0.1, -0.05) is 60.6 Å². The third-order valence-corrected chi connectivity index (χ3v) is 3.45. The van der Waals surface area contributed by atoms with Crippen LogP contribution in [0.1, 0.15) is 41.2 Å². The first kappa shape index (κ1) is 23.1. The summed E-state index contributed by atoms with van der Waals surface area (Å²) in [4.78, 5) is 0. The van der Waals surface area contributed by atoms with E-state index in [-0.39, 0.29) is 26.2 Å². The summed E-state index contributed by atoms with van der Waals surface area (Å²) in [6, 6.07) is 10.8. The van der Waals surface area contributed by atoms with Gasteiger partial charge in [0, 0.05) is 9.52 Å². The van der Waals surface area contributed by atoms with Crippen molar-refractivity contribution in [3.8, 4) is 0 Å². The summed E-state index contributed by atoms with van der Waals surface area (Å²) in [6.45, 7) is 15.3. The fourth-order valence-electron chi connectivity index (χ4n) is 2.00. The van der Waals surface area contributed by atoms with Gasteiger partial charge in [0.2, 0.25) is 0 Å². The molecule has 1 radical (unpaired) electrons. The van der Waals surface area contributed by atoms with E-state index in [2.05, 4.69) is 78.0 Å². The van der Waals surface area contributed by atoms with Crippen molar-refractivity contribution in [1.29, 1.82) is 0 Å². The molecule has 0 spiro atoms. The number of aryl methyl sites for hydroxylation is 3. The molecule has 0 amide bonds. The van der Waals surface area contributed by atoms with E-state index < -0.39 is 0 Å². The van der Waals surface area contributed by atoms with Crippen LogP contribution in [0.3, 0.4) is 0 Å². The molecule has 0 unspecified atom stereocenters. The van der Waals surface area contributed by atoms with Gasteiger partial charge in [0.15, 0.2) is 0 Å². The minimum atomic E-state index is 0. The van der Waals surface area contributed by atoms with Gasteiger partial charge in [0.25, 0.3) is 0 Å². The van der Waals surface area contributed by atoms with E-state index in [0.29, 0.717) is 0 Å². The monoisotopic (exact) mass is 377 g/mol. The van der Waals surface area contributed by atoms with Gasteiger partial charge in [0.05, 0.1) is 0 Å². The molecule has 0 N–H and O–H groups in total. The van der Waals surface area contributed by atoms with E-state index in [1.807, 2.05) is 0 Å². The fourth-order valence-corrected chi connectivity index (χ4v) is 2.00. The molecular formula is C19H31SiZr. The van der Waals surface area contributed by atoms with Crippen LogP contribution in [0.5, 0.6) is 0 Å². The standard InChI is InChI=1S/C9H13.C8H11.C2H7Si.Zr/c1-6-5-7(2)9(4)8(6)3;1-2-5-8-6-3-4-7-8;1-3-2;/h5H,1-4H3;3-4,6-7H,2,5H2,1H3;3H,1-2H3;/q2*-1;;+2. The van der Waals surface area contributed by atoms with Crippen molar-refractivity contribution in [2.75, 3.05) is 0 Å². The molecule has 115 valence electrons. The molecule has 2 aromatic rings. The average Bonchev–Trinajstić information content (AvgIpc) is 2.98. The van der Waals surface area contributed by atoms with Gasteiger partial charge in [-0.2, -0.15) is 52.1 Å². The number of hydrogen-bond donors (Lipinski definition) is 0. The van der Waals surface area contributed by atoms with Crippen LogP contribution >= 0.6 is 0 Å². The Morgan fingerprint density at radius 2 is 1.76 bits per heavy atom. The maximum absolute atomic E-state index is 2.24. The first-order valence-electron chi connectivity index (χ1n) is 7.62.